The molecular weight excluding hydrogens is 296 g/mol. The molecule has 0 bridgehead atoms. The van der Waals surface area contributed by atoms with Crippen LogP contribution in [0.4, 0.5) is 0 Å². The number of rotatable bonds is 3. The van der Waals surface area contributed by atoms with Crippen LogP contribution in [0.2, 0.25) is 0 Å². The second-order valence-electron chi connectivity index (χ2n) is 5.38. The van der Waals surface area contributed by atoms with Crippen molar-refractivity contribution in [2.75, 3.05) is 0 Å². The van der Waals surface area contributed by atoms with E-state index in [9.17, 15) is 4.79 Å². The summed E-state index contributed by atoms with van der Waals surface area (Å²) in [5, 5.41) is 2.10. The van der Waals surface area contributed by atoms with E-state index in [-0.39, 0.29) is 5.92 Å². The molecule has 3 heteroatoms. The third kappa shape index (κ3) is 3.41. The molecule has 94 valence electrons. The Morgan fingerprint density at radius 1 is 1.53 bits per heavy atom. The second kappa shape index (κ2) is 5.66. The van der Waals surface area contributed by atoms with E-state index in [1.165, 1.54) is 4.88 Å². The largest absolute Gasteiger partial charge is 0.299 e. The van der Waals surface area contributed by atoms with Gasteiger partial charge in [-0.1, -0.05) is 13.8 Å². The predicted molar refractivity (Wildman–Crippen MR) is 76.4 cm³/mol. The zero-order valence-corrected chi connectivity index (χ0v) is 12.8. The minimum Gasteiger partial charge on any atom is -0.299 e. The molecule has 1 aromatic rings. The van der Waals surface area contributed by atoms with Crippen LogP contribution in [0, 0.1) is 17.8 Å². The fourth-order valence-corrected chi connectivity index (χ4v) is 4.19. The van der Waals surface area contributed by atoms with E-state index in [4.69, 9.17) is 0 Å². The first-order chi connectivity index (χ1) is 8.06. The smallest absolute Gasteiger partial charge is 0.136 e. The Bertz CT molecular complexity index is 397. The molecule has 17 heavy (non-hydrogen) atoms. The van der Waals surface area contributed by atoms with Crippen molar-refractivity contribution < 1.29 is 4.79 Å². The Morgan fingerprint density at radius 2 is 2.29 bits per heavy atom. The van der Waals surface area contributed by atoms with Crippen molar-refractivity contribution in [3.63, 3.8) is 0 Å². The molecule has 0 saturated heterocycles. The van der Waals surface area contributed by atoms with Gasteiger partial charge in [-0.15, -0.1) is 11.3 Å². The Kier molecular flexibility index (Phi) is 4.42. The van der Waals surface area contributed by atoms with Gasteiger partial charge in [0.1, 0.15) is 5.78 Å². The van der Waals surface area contributed by atoms with Crippen molar-refractivity contribution in [1.29, 1.82) is 0 Å². The SMILES string of the molecule is CC(C)C1CCC(=O)C(Cc2cc(Br)cs2)C1. The lowest BCUT2D eigenvalue weighted by Gasteiger charge is -2.30. The van der Waals surface area contributed by atoms with Crippen molar-refractivity contribution in [1.82, 2.24) is 0 Å². The first kappa shape index (κ1) is 13.3. The van der Waals surface area contributed by atoms with E-state index in [1.807, 2.05) is 0 Å². The van der Waals surface area contributed by atoms with Crippen molar-refractivity contribution in [3.8, 4) is 0 Å². The summed E-state index contributed by atoms with van der Waals surface area (Å²) < 4.78 is 1.14. The van der Waals surface area contributed by atoms with Crippen molar-refractivity contribution in [2.45, 2.75) is 39.5 Å². The molecule has 0 spiro atoms. The van der Waals surface area contributed by atoms with Gasteiger partial charge in [-0.05, 0) is 53.1 Å². The van der Waals surface area contributed by atoms with E-state index in [0.717, 1.165) is 36.1 Å². The summed E-state index contributed by atoms with van der Waals surface area (Å²) in [5.41, 5.74) is 0. The maximum Gasteiger partial charge on any atom is 0.136 e. The molecule has 0 amide bonds. The number of carbonyl (C=O) groups excluding carboxylic acids is 1. The number of halogens is 1. The van der Waals surface area contributed by atoms with Gasteiger partial charge in [0.25, 0.3) is 0 Å². The average molecular weight is 315 g/mol. The van der Waals surface area contributed by atoms with E-state index in [2.05, 4.69) is 41.2 Å². The van der Waals surface area contributed by atoms with Gasteiger partial charge in [-0.25, -0.2) is 0 Å². The fraction of sp³-hybridized carbons (Fsp3) is 0.643. The van der Waals surface area contributed by atoms with Crippen LogP contribution < -0.4 is 0 Å². The van der Waals surface area contributed by atoms with Gasteiger partial charge in [0.15, 0.2) is 0 Å². The van der Waals surface area contributed by atoms with E-state index >= 15 is 0 Å². The molecule has 2 unspecified atom stereocenters. The normalized spacial score (nSPS) is 25.5. The highest BCUT2D eigenvalue weighted by Crippen LogP contribution is 2.34. The molecule has 1 saturated carbocycles. The first-order valence-corrected chi connectivity index (χ1v) is 7.99. The Hall–Kier alpha value is -0.150. The number of hydrogen-bond acceptors (Lipinski definition) is 2. The van der Waals surface area contributed by atoms with Crippen molar-refractivity contribution in [2.24, 2.45) is 17.8 Å². The molecule has 2 atom stereocenters. The van der Waals surface area contributed by atoms with Crippen LogP contribution >= 0.6 is 27.3 Å². The number of Topliss-reactive ketones (excluding diaryl/α,β-unsaturated/α-hetero) is 1. The molecule has 0 radical (unpaired) electrons. The Labute approximate surface area is 116 Å². The molecule has 0 aliphatic heterocycles. The molecule has 1 aliphatic rings. The fourth-order valence-electron chi connectivity index (χ4n) is 2.65. The van der Waals surface area contributed by atoms with Crippen LogP contribution in [0.3, 0.4) is 0 Å². The van der Waals surface area contributed by atoms with Crippen LogP contribution in [-0.2, 0) is 11.2 Å². The summed E-state index contributed by atoms with van der Waals surface area (Å²) in [6.45, 7) is 4.55. The van der Waals surface area contributed by atoms with E-state index < -0.39 is 0 Å². The third-order valence-electron chi connectivity index (χ3n) is 3.82. The summed E-state index contributed by atoms with van der Waals surface area (Å²) in [6, 6.07) is 2.15. The predicted octanol–water partition coefficient (Wildman–Crippen LogP) is 4.69. The standard InChI is InChI=1S/C14H19BrOS/c1-9(2)10-3-4-14(16)11(5-10)6-13-7-12(15)8-17-13/h7-11H,3-6H2,1-2H3. The van der Waals surface area contributed by atoms with Gasteiger partial charge < -0.3 is 0 Å². The quantitative estimate of drug-likeness (QED) is 0.790. The van der Waals surface area contributed by atoms with Gasteiger partial charge in [0.05, 0.1) is 0 Å². The van der Waals surface area contributed by atoms with Crippen LogP contribution in [0.1, 0.15) is 38.0 Å². The molecule has 1 aromatic heterocycles. The molecule has 0 aromatic carbocycles. The highest BCUT2D eigenvalue weighted by molar-refractivity contribution is 9.10. The van der Waals surface area contributed by atoms with Gasteiger partial charge in [-0.2, -0.15) is 0 Å². The lowest BCUT2D eigenvalue weighted by atomic mass is 9.74. The van der Waals surface area contributed by atoms with E-state index in [0.29, 0.717) is 11.7 Å². The molecule has 1 fully saturated rings. The van der Waals surface area contributed by atoms with Crippen LogP contribution in [-0.4, -0.2) is 5.78 Å². The van der Waals surface area contributed by atoms with Gasteiger partial charge in [0.2, 0.25) is 0 Å². The van der Waals surface area contributed by atoms with Gasteiger partial charge >= 0.3 is 0 Å². The van der Waals surface area contributed by atoms with E-state index in [1.54, 1.807) is 11.3 Å². The molecule has 0 N–H and O–H groups in total. The maximum absolute atomic E-state index is 12.0. The number of carbonyl (C=O) groups is 1. The lowest BCUT2D eigenvalue weighted by Crippen LogP contribution is -2.28. The molecule has 1 heterocycles. The minimum absolute atomic E-state index is 0.265. The summed E-state index contributed by atoms with van der Waals surface area (Å²) in [4.78, 5) is 13.3. The average Bonchev–Trinajstić information content (AvgIpc) is 2.67. The zero-order valence-electron chi connectivity index (χ0n) is 10.4. The summed E-state index contributed by atoms with van der Waals surface area (Å²) in [5.74, 6) is 2.19. The highest BCUT2D eigenvalue weighted by Gasteiger charge is 2.30. The lowest BCUT2D eigenvalue weighted by molar-refractivity contribution is -0.125. The highest BCUT2D eigenvalue weighted by atomic mass is 79.9. The molecule has 1 nitrogen and oxygen atoms in total. The van der Waals surface area contributed by atoms with Crippen LogP contribution in [0.25, 0.3) is 0 Å². The van der Waals surface area contributed by atoms with Crippen LogP contribution in [0.15, 0.2) is 15.9 Å². The van der Waals surface area contributed by atoms with Crippen LogP contribution in [0.5, 0.6) is 0 Å². The number of thiophene rings is 1. The Morgan fingerprint density at radius 3 is 2.88 bits per heavy atom. The molecule has 2 rings (SSSR count). The van der Waals surface area contributed by atoms with Crippen molar-refractivity contribution in [3.05, 3.63) is 20.8 Å². The second-order valence-corrected chi connectivity index (χ2v) is 7.29. The summed E-state index contributed by atoms with van der Waals surface area (Å²) >= 11 is 5.23. The Balaban J connectivity index is 2.00. The minimum atomic E-state index is 0.265. The maximum atomic E-state index is 12.0. The third-order valence-corrected chi connectivity index (χ3v) is 5.54. The number of ketones is 1. The monoisotopic (exact) mass is 314 g/mol. The summed E-state index contributed by atoms with van der Waals surface area (Å²) in [7, 11) is 0. The summed E-state index contributed by atoms with van der Waals surface area (Å²) in [6.07, 6.45) is 3.92. The van der Waals surface area contributed by atoms with Crippen molar-refractivity contribution >= 4 is 33.0 Å². The molecular formula is C14H19BrOS. The van der Waals surface area contributed by atoms with Gasteiger partial charge in [-0.3, -0.25) is 4.79 Å². The first-order valence-electron chi connectivity index (χ1n) is 6.32. The number of hydrogen-bond donors (Lipinski definition) is 0. The molecule has 1 aliphatic carbocycles. The zero-order chi connectivity index (χ0) is 12.4. The van der Waals surface area contributed by atoms with Gasteiger partial charge in [0, 0.05) is 27.1 Å². The topological polar surface area (TPSA) is 17.1 Å².